The maximum atomic E-state index is 12.4. The number of rotatable bonds is 2. The van der Waals surface area contributed by atoms with E-state index in [2.05, 4.69) is 4.98 Å². The zero-order valence-corrected chi connectivity index (χ0v) is 15.3. The van der Waals surface area contributed by atoms with E-state index in [1.807, 2.05) is 49.6 Å². The molecule has 134 valence electrons. The molecule has 1 aliphatic heterocycles. The Morgan fingerprint density at radius 1 is 1.24 bits per heavy atom. The van der Waals surface area contributed by atoms with Crippen molar-refractivity contribution in [2.75, 3.05) is 13.1 Å². The van der Waals surface area contributed by atoms with E-state index in [4.69, 9.17) is 4.74 Å². The van der Waals surface area contributed by atoms with Crippen LogP contribution in [0, 0.1) is 0 Å². The highest BCUT2D eigenvalue weighted by Gasteiger charge is 2.30. The summed E-state index contributed by atoms with van der Waals surface area (Å²) < 4.78 is 7.50. The predicted molar refractivity (Wildman–Crippen MR) is 95.8 cm³/mol. The number of carbonyl (C=O) groups excluding carboxylic acids is 2. The molecule has 2 aromatic rings. The average Bonchev–Trinajstić information content (AvgIpc) is 2.93. The first-order valence-electron chi connectivity index (χ1n) is 8.72. The maximum absolute atomic E-state index is 12.4. The monoisotopic (exact) mass is 343 g/mol. The Morgan fingerprint density at radius 3 is 2.64 bits per heavy atom. The van der Waals surface area contributed by atoms with Crippen LogP contribution in [-0.4, -0.2) is 45.0 Å². The number of para-hydroxylation sites is 2. The molecule has 0 radical (unpaired) electrons. The number of aromatic nitrogens is 2. The Hall–Kier alpha value is -2.37. The fourth-order valence-electron chi connectivity index (χ4n) is 3.32. The summed E-state index contributed by atoms with van der Waals surface area (Å²) in [7, 11) is 0. The van der Waals surface area contributed by atoms with Crippen LogP contribution in [0.3, 0.4) is 0 Å². The van der Waals surface area contributed by atoms with E-state index in [9.17, 15) is 9.59 Å². The van der Waals surface area contributed by atoms with Crippen LogP contribution in [0.2, 0.25) is 0 Å². The Balaban J connectivity index is 1.91. The average molecular weight is 343 g/mol. The van der Waals surface area contributed by atoms with Crippen molar-refractivity contribution in [3.05, 3.63) is 30.1 Å². The molecular formula is C19H25N3O3. The molecule has 1 atom stereocenters. The van der Waals surface area contributed by atoms with E-state index in [1.165, 1.54) is 6.92 Å². The second kappa shape index (κ2) is 6.50. The van der Waals surface area contributed by atoms with Gasteiger partial charge in [-0.05, 0) is 45.7 Å². The number of fused-ring (bicyclic) bond motifs is 1. The Morgan fingerprint density at radius 2 is 1.96 bits per heavy atom. The summed E-state index contributed by atoms with van der Waals surface area (Å²) in [5.74, 6) is 0.392. The van der Waals surface area contributed by atoms with Gasteiger partial charge in [-0.2, -0.15) is 0 Å². The molecule has 0 saturated carbocycles. The molecule has 1 fully saturated rings. The molecule has 0 bridgehead atoms. The summed E-state index contributed by atoms with van der Waals surface area (Å²) in [6, 6.07) is 7.76. The lowest BCUT2D eigenvalue weighted by Crippen LogP contribution is -2.43. The third-order valence-corrected chi connectivity index (χ3v) is 4.32. The van der Waals surface area contributed by atoms with Crippen molar-refractivity contribution in [3.8, 4) is 0 Å². The molecule has 1 aliphatic rings. The Bertz CT molecular complexity index is 804. The first-order chi connectivity index (χ1) is 11.8. The number of hydrogen-bond donors (Lipinski definition) is 0. The molecule has 1 aromatic heterocycles. The van der Waals surface area contributed by atoms with Crippen LogP contribution in [0.1, 0.15) is 57.2 Å². The molecule has 1 aromatic carbocycles. The molecule has 0 N–H and O–H groups in total. The van der Waals surface area contributed by atoms with Crippen LogP contribution in [0.5, 0.6) is 0 Å². The number of hydrogen-bond acceptors (Lipinski definition) is 4. The van der Waals surface area contributed by atoms with Crippen molar-refractivity contribution in [2.24, 2.45) is 0 Å². The first kappa shape index (κ1) is 17.5. The number of carbonyl (C=O) groups is 2. The normalized spacial score (nSPS) is 18.4. The molecule has 2 heterocycles. The molecule has 6 nitrogen and oxygen atoms in total. The van der Waals surface area contributed by atoms with Gasteiger partial charge in [-0.25, -0.2) is 9.78 Å². The summed E-state index contributed by atoms with van der Waals surface area (Å²) in [6.45, 7) is 8.33. The van der Waals surface area contributed by atoms with Crippen LogP contribution >= 0.6 is 0 Å². The quantitative estimate of drug-likeness (QED) is 0.778. The van der Waals surface area contributed by atoms with Gasteiger partial charge in [-0.15, -0.1) is 0 Å². The molecule has 1 saturated heterocycles. The number of ether oxygens (including phenoxy) is 1. The van der Waals surface area contributed by atoms with E-state index in [1.54, 1.807) is 4.90 Å². The van der Waals surface area contributed by atoms with Crippen molar-refractivity contribution >= 4 is 22.9 Å². The van der Waals surface area contributed by atoms with Crippen LogP contribution in [0.25, 0.3) is 11.0 Å². The van der Waals surface area contributed by atoms with Crippen LogP contribution in [0.15, 0.2) is 24.3 Å². The zero-order valence-electron chi connectivity index (χ0n) is 15.3. The van der Waals surface area contributed by atoms with Gasteiger partial charge in [0, 0.05) is 20.0 Å². The zero-order chi connectivity index (χ0) is 18.2. The topological polar surface area (TPSA) is 64.4 Å². The molecule has 0 unspecified atom stereocenters. The number of benzene rings is 1. The number of likely N-dealkylation sites (tertiary alicyclic amines) is 1. The molecule has 0 spiro atoms. The van der Waals surface area contributed by atoms with Gasteiger partial charge in [0.15, 0.2) is 11.6 Å². The maximum Gasteiger partial charge on any atom is 0.410 e. The van der Waals surface area contributed by atoms with Gasteiger partial charge in [0.2, 0.25) is 0 Å². The number of amides is 1. The summed E-state index contributed by atoms with van der Waals surface area (Å²) in [5, 5.41) is 0. The first-order valence-corrected chi connectivity index (χ1v) is 8.72. The van der Waals surface area contributed by atoms with Crippen LogP contribution in [-0.2, 0) is 4.74 Å². The molecule has 6 heteroatoms. The molecule has 25 heavy (non-hydrogen) atoms. The van der Waals surface area contributed by atoms with Gasteiger partial charge >= 0.3 is 6.09 Å². The molecule has 3 rings (SSSR count). The van der Waals surface area contributed by atoms with Gasteiger partial charge in [0.05, 0.1) is 17.1 Å². The van der Waals surface area contributed by atoms with Gasteiger partial charge in [0.1, 0.15) is 5.60 Å². The van der Waals surface area contributed by atoms with E-state index in [-0.39, 0.29) is 17.9 Å². The molecule has 0 aliphatic carbocycles. The van der Waals surface area contributed by atoms with Gasteiger partial charge in [0.25, 0.3) is 0 Å². The summed E-state index contributed by atoms with van der Waals surface area (Å²) >= 11 is 0. The number of ketones is 1. The number of imidazole rings is 1. The van der Waals surface area contributed by atoms with Crippen LogP contribution in [0.4, 0.5) is 4.79 Å². The minimum Gasteiger partial charge on any atom is -0.444 e. The Labute approximate surface area is 147 Å². The smallest absolute Gasteiger partial charge is 0.410 e. The summed E-state index contributed by atoms with van der Waals surface area (Å²) in [5.41, 5.74) is 1.22. The largest absolute Gasteiger partial charge is 0.444 e. The minimum absolute atomic E-state index is 0.0209. The highest BCUT2D eigenvalue weighted by molar-refractivity contribution is 5.94. The van der Waals surface area contributed by atoms with Crippen molar-refractivity contribution in [2.45, 2.75) is 52.2 Å². The number of nitrogens with zero attached hydrogens (tertiary/aromatic N) is 3. The predicted octanol–water partition coefficient (Wildman–Crippen LogP) is 3.81. The lowest BCUT2D eigenvalue weighted by atomic mass is 10.1. The van der Waals surface area contributed by atoms with E-state index in [0.29, 0.717) is 18.9 Å². The van der Waals surface area contributed by atoms with Gasteiger partial charge < -0.3 is 14.2 Å². The van der Waals surface area contributed by atoms with Crippen molar-refractivity contribution in [1.29, 1.82) is 0 Å². The van der Waals surface area contributed by atoms with Crippen molar-refractivity contribution in [3.63, 3.8) is 0 Å². The minimum atomic E-state index is -0.518. The summed E-state index contributed by atoms with van der Waals surface area (Å²) in [4.78, 5) is 30.7. The third-order valence-electron chi connectivity index (χ3n) is 4.32. The third kappa shape index (κ3) is 3.67. The number of Topliss-reactive ketones (excluding diaryl/α,β-unsaturated/α-hetero) is 1. The van der Waals surface area contributed by atoms with Crippen molar-refractivity contribution in [1.82, 2.24) is 14.5 Å². The fraction of sp³-hybridized carbons (Fsp3) is 0.526. The van der Waals surface area contributed by atoms with Crippen molar-refractivity contribution < 1.29 is 14.3 Å². The second-order valence-electron chi connectivity index (χ2n) is 7.57. The molecular weight excluding hydrogens is 318 g/mol. The summed E-state index contributed by atoms with van der Waals surface area (Å²) in [6.07, 6.45) is 1.47. The lowest BCUT2D eigenvalue weighted by molar-refractivity contribution is 0.0173. The van der Waals surface area contributed by atoms with Gasteiger partial charge in [-0.1, -0.05) is 12.1 Å². The van der Waals surface area contributed by atoms with E-state index in [0.717, 1.165) is 23.9 Å². The highest BCUT2D eigenvalue weighted by Crippen LogP contribution is 2.29. The lowest BCUT2D eigenvalue weighted by Gasteiger charge is -2.35. The van der Waals surface area contributed by atoms with E-state index >= 15 is 0 Å². The molecule has 1 amide bonds. The fourth-order valence-corrected chi connectivity index (χ4v) is 3.32. The highest BCUT2D eigenvalue weighted by atomic mass is 16.6. The van der Waals surface area contributed by atoms with Crippen LogP contribution < -0.4 is 0 Å². The number of piperidine rings is 1. The standard InChI is InChI=1S/C19H25N3O3/c1-13(23)17-20-15-9-5-6-10-16(15)22(17)14-8-7-11-21(12-14)18(24)25-19(2,3)4/h5-6,9-10,14H,7-8,11-12H2,1-4H3/t14-/m1/s1. The van der Waals surface area contributed by atoms with E-state index < -0.39 is 5.60 Å². The SMILES string of the molecule is CC(=O)c1nc2ccccc2n1[C@@H]1CCCN(C(=O)OC(C)(C)C)C1. The Kier molecular flexibility index (Phi) is 4.54. The second-order valence-corrected chi connectivity index (χ2v) is 7.57. The van der Waals surface area contributed by atoms with Gasteiger partial charge in [-0.3, -0.25) is 4.79 Å².